The summed E-state index contributed by atoms with van der Waals surface area (Å²) in [6.45, 7) is 5.13. The SMILES string of the molecule is CC(C)CN(CCc1ccccc1)C(=O)c1cc(S(C)(=O)=O)ncc1Cl. The highest BCUT2D eigenvalue weighted by Gasteiger charge is 2.22. The standard InChI is InChI=1S/C19H23ClN2O3S/c1-14(2)13-22(10-9-15-7-5-4-6-8-15)19(23)16-11-18(26(3,24)25)21-12-17(16)20/h4-8,11-12,14H,9-10,13H2,1-3H3. The first-order chi connectivity index (χ1) is 12.2. The van der Waals surface area contributed by atoms with Crippen molar-refractivity contribution < 1.29 is 13.2 Å². The van der Waals surface area contributed by atoms with Crippen molar-refractivity contribution in [2.24, 2.45) is 5.92 Å². The summed E-state index contributed by atoms with van der Waals surface area (Å²) in [6, 6.07) is 11.2. The van der Waals surface area contributed by atoms with Crippen LogP contribution < -0.4 is 0 Å². The van der Waals surface area contributed by atoms with E-state index in [9.17, 15) is 13.2 Å². The van der Waals surface area contributed by atoms with Crippen molar-refractivity contribution in [3.63, 3.8) is 0 Å². The molecule has 0 spiro atoms. The molecule has 7 heteroatoms. The van der Waals surface area contributed by atoms with E-state index in [1.165, 1.54) is 12.3 Å². The van der Waals surface area contributed by atoms with Crippen LogP contribution >= 0.6 is 11.6 Å². The van der Waals surface area contributed by atoms with E-state index in [2.05, 4.69) is 4.98 Å². The fourth-order valence-electron chi connectivity index (χ4n) is 2.58. The Hall–Kier alpha value is -1.92. The summed E-state index contributed by atoms with van der Waals surface area (Å²) in [5, 5.41) is -0.00586. The Labute approximate surface area is 159 Å². The number of aromatic nitrogens is 1. The molecule has 0 saturated carbocycles. The van der Waals surface area contributed by atoms with Gasteiger partial charge in [0.25, 0.3) is 5.91 Å². The molecule has 26 heavy (non-hydrogen) atoms. The third-order valence-electron chi connectivity index (χ3n) is 3.83. The average Bonchev–Trinajstić information content (AvgIpc) is 2.58. The van der Waals surface area contributed by atoms with Crippen LogP contribution in [0.25, 0.3) is 0 Å². The van der Waals surface area contributed by atoms with Crippen LogP contribution in [0, 0.1) is 5.92 Å². The first-order valence-corrected chi connectivity index (χ1v) is 10.6. The number of hydrogen-bond donors (Lipinski definition) is 0. The molecule has 1 heterocycles. The third kappa shape index (κ3) is 5.54. The summed E-state index contributed by atoms with van der Waals surface area (Å²) in [5.74, 6) is -0.0170. The first-order valence-electron chi connectivity index (χ1n) is 8.37. The van der Waals surface area contributed by atoms with E-state index in [1.807, 2.05) is 44.2 Å². The smallest absolute Gasteiger partial charge is 0.255 e. The van der Waals surface area contributed by atoms with E-state index in [4.69, 9.17) is 11.6 Å². The van der Waals surface area contributed by atoms with Gasteiger partial charge in [-0.2, -0.15) is 0 Å². The van der Waals surface area contributed by atoms with E-state index in [0.29, 0.717) is 19.5 Å². The van der Waals surface area contributed by atoms with Crippen LogP contribution in [0.2, 0.25) is 5.02 Å². The number of halogens is 1. The predicted molar refractivity (Wildman–Crippen MR) is 103 cm³/mol. The van der Waals surface area contributed by atoms with Crippen LogP contribution in [0.15, 0.2) is 47.6 Å². The van der Waals surface area contributed by atoms with E-state index in [-0.39, 0.29) is 27.4 Å². The molecule has 0 aliphatic heterocycles. The molecule has 0 N–H and O–H groups in total. The van der Waals surface area contributed by atoms with Crippen LogP contribution in [0.1, 0.15) is 29.8 Å². The fraction of sp³-hybridized carbons (Fsp3) is 0.368. The quantitative estimate of drug-likeness (QED) is 0.721. The maximum Gasteiger partial charge on any atom is 0.255 e. The van der Waals surface area contributed by atoms with Crippen LogP contribution in [0.5, 0.6) is 0 Å². The van der Waals surface area contributed by atoms with Crippen molar-refractivity contribution in [2.75, 3.05) is 19.3 Å². The average molecular weight is 395 g/mol. The second-order valence-corrected chi connectivity index (χ2v) is 9.02. The molecule has 1 aromatic heterocycles. The Kier molecular flexibility index (Phi) is 6.78. The molecule has 0 aliphatic rings. The Bertz CT molecular complexity index is 868. The molecule has 0 radical (unpaired) electrons. The molecule has 2 rings (SSSR count). The summed E-state index contributed by atoms with van der Waals surface area (Å²) in [7, 11) is -3.52. The summed E-state index contributed by atoms with van der Waals surface area (Å²) < 4.78 is 23.5. The van der Waals surface area contributed by atoms with Crippen LogP contribution in [-0.2, 0) is 16.3 Å². The highest BCUT2D eigenvalue weighted by atomic mass is 35.5. The van der Waals surface area contributed by atoms with E-state index < -0.39 is 9.84 Å². The number of nitrogens with zero attached hydrogens (tertiary/aromatic N) is 2. The fourth-order valence-corrected chi connectivity index (χ4v) is 3.34. The van der Waals surface area contributed by atoms with Gasteiger partial charge in [0.1, 0.15) is 0 Å². The van der Waals surface area contributed by atoms with Gasteiger partial charge in [0, 0.05) is 25.5 Å². The molecule has 5 nitrogen and oxygen atoms in total. The number of carbonyl (C=O) groups is 1. The number of hydrogen-bond acceptors (Lipinski definition) is 4. The van der Waals surface area contributed by atoms with Gasteiger partial charge in [0.15, 0.2) is 14.9 Å². The maximum atomic E-state index is 13.0. The molecule has 0 bridgehead atoms. The Morgan fingerprint density at radius 1 is 1.23 bits per heavy atom. The molecule has 0 aliphatic carbocycles. The van der Waals surface area contributed by atoms with Crippen LogP contribution in [0.3, 0.4) is 0 Å². The molecule has 0 saturated heterocycles. The van der Waals surface area contributed by atoms with Crippen LogP contribution in [0.4, 0.5) is 0 Å². The minimum atomic E-state index is -3.52. The van der Waals surface area contributed by atoms with Gasteiger partial charge in [0.05, 0.1) is 10.6 Å². The lowest BCUT2D eigenvalue weighted by atomic mass is 10.1. The van der Waals surface area contributed by atoms with Crippen molar-refractivity contribution in [1.82, 2.24) is 9.88 Å². The molecule has 0 unspecified atom stereocenters. The molecule has 1 aromatic carbocycles. The number of carbonyl (C=O) groups excluding carboxylic acids is 1. The number of pyridine rings is 1. The highest BCUT2D eigenvalue weighted by Crippen LogP contribution is 2.21. The van der Waals surface area contributed by atoms with Gasteiger partial charge in [-0.25, -0.2) is 13.4 Å². The Morgan fingerprint density at radius 2 is 1.88 bits per heavy atom. The van der Waals surface area contributed by atoms with E-state index in [1.54, 1.807) is 4.90 Å². The normalized spacial score (nSPS) is 11.6. The lowest BCUT2D eigenvalue weighted by Gasteiger charge is -2.25. The molecular weight excluding hydrogens is 372 g/mol. The molecule has 0 fully saturated rings. The van der Waals surface area contributed by atoms with Crippen molar-refractivity contribution >= 4 is 27.3 Å². The van der Waals surface area contributed by atoms with Crippen molar-refractivity contribution in [3.8, 4) is 0 Å². The second-order valence-electron chi connectivity index (χ2n) is 6.66. The third-order valence-corrected chi connectivity index (χ3v) is 5.11. The van der Waals surface area contributed by atoms with Gasteiger partial charge in [-0.05, 0) is 24.0 Å². The molecule has 2 aromatic rings. The second kappa shape index (κ2) is 8.64. The molecular formula is C19H23ClN2O3S. The molecule has 0 atom stereocenters. The van der Waals surface area contributed by atoms with Crippen molar-refractivity contribution in [3.05, 3.63) is 58.7 Å². The van der Waals surface area contributed by atoms with Gasteiger partial charge in [0.2, 0.25) is 0 Å². The van der Waals surface area contributed by atoms with Crippen LogP contribution in [-0.4, -0.2) is 43.6 Å². The summed E-state index contributed by atoms with van der Waals surface area (Å²) in [6.07, 6.45) is 2.98. The molecule has 1 amide bonds. The Morgan fingerprint density at radius 3 is 2.46 bits per heavy atom. The minimum Gasteiger partial charge on any atom is -0.338 e. The molecule has 140 valence electrons. The summed E-state index contributed by atoms with van der Waals surface area (Å²) in [4.78, 5) is 18.5. The van der Waals surface area contributed by atoms with E-state index >= 15 is 0 Å². The van der Waals surface area contributed by atoms with Gasteiger partial charge >= 0.3 is 0 Å². The van der Waals surface area contributed by atoms with Crippen molar-refractivity contribution in [2.45, 2.75) is 25.3 Å². The van der Waals surface area contributed by atoms with E-state index in [0.717, 1.165) is 11.8 Å². The monoisotopic (exact) mass is 394 g/mol. The van der Waals surface area contributed by atoms with Gasteiger partial charge in [-0.15, -0.1) is 0 Å². The zero-order valence-electron chi connectivity index (χ0n) is 15.1. The number of sulfone groups is 1. The van der Waals surface area contributed by atoms with Gasteiger partial charge in [-0.3, -0.25) is 4.79 Å². The van der Waals surface area contributed by atoms with Crippen molar-refractivity contribution in [1.29, 1.82) is 0 Å². The predicted octanol–water partition coefficient (Wildman–Crippen LogP) is 3.48. The number of amides is 1. The zero-order valence-corrected chi connectivity index (χ0v) is 16.7. The van der Waals surface area contributed by atoms with Gasteiger partial charge < -0.3 is 4.90 Å². The largest absolute Gasteiger partial charge is 0.338 e. The first kappa shape index (κ1) is 20.4. The number of benzene rings is 1. The summed E-state index contributed by atoms with van der Waals surface area (Å²) in [5.41, 5.74) is 1.29. The minimum absolute atomic E-state index is 0.149. The number of rotatable bonds is 7. The topological polar surface area (TPSA) is 67.3 Å². The maximum absolute atomic E-state index is 13.0. The zero-order chi connectivity index (χ0) is 19.3. The summed E-state index contributed by atoms with van der Waals surface area (Å²) >= 11 is 6.13. The highest BCUT2D eigenvalue weighted by molar-refractivity contribution is 7.90. The lowest BCUT2D eigenvalue weighted by molar-refractivity contribution is 0.0738. The van der Waals surface area contributed by atoms with Gasteiger partial charge in [-0.1, -0.05) is 55.8 Å². The Balaban J connectivity index is 2.28. The lowest BCUT2D eigenvalue weighted by Crippen LogP contribution is -2.36.